The molecule has 0 spiro atoms. The van der Waals surface area contributed by atoms with Crippen LogP contribution in [0, 0.1) is 13.8 Å². The smallest absolute Gasteiger partial charge is 0.369 e. The topological polar surface area (TPSA) is 37.8 Å². The van der Waals surface area contributed by atoms with Gasteiger partial charge in [0.25, 0.3) is 0 Å². The summed E-state index contributed by atoms with van der Waals surface area (Å²) in [5, 5.41) is 3.70. The minimum absolute atomic E-state index is 0.256. The van der Waals surface area contributed by atoms with Gasteiger partial charge in [0, 0.05) is 11.4 Å². The van der Waals surface area contributed by atoms with E-state index in [4.69, 9.17) is 0 Å². The van der Waals surface area contributed by atoms with Crippen LogP contribution in [0.1, 0.15) is 28.2 Å². The second-order valence-corrected chi connectivity index (χ2v) is 7.16. The van der Waals surface area contributed by atoms with Gasteiger partial charge in [0.05, 0.1) is 5.39 Å². The van der Waals surface area contributed by atoms with Crippen molar-refractivity contribution < 1.29 is 13.2 Å². The van der Waals surface area contributed by atoms with Gasteiger partial charge in [-0.25, -0.2) is 9.97 Å². The second kappa shape index (κ2) is 7.00. The van der Waals surface area contributed by atoms with E-state index in [0.29, 0.717) is 16.8 Å². The lowest BCUT2D eigenvalue weighted by Gasteiger charge is -2.11. The fourth-order valence-corrected chi connectivity index (χ4v) is 3.56. The van der Waals surface area contributed by atoms with Crippen LogP contribution in [0.15, 0.2) is 30.3 Å². The van der Waals surface area contributed by atoms with E-state index in [0.717, 1.165) is 17.7 Å². The van der Waals surface area contributed by atoms with Crippen LogP contribution in [0.3, 0.4) is 0 Å². The first-order valence-corrected chi connectivity index (χ1v) is 8.80. The average Bonchev–Trinajstić information content (AvgIpc) is 2.92. The Morgan fingerprint density at radius 3 is 2.60 bits per heavy atom. The zero-order valence-corrected chi connectivity index (χ0v) is 14.8. The van der Waals surface area contributed by atoms with Crippen molar-refractivity contribution in [2.75, 3.05) is 11.9 Å². The van der Waals surface area contributed by atoms with Crippen LogP contribution in [-0.4, -0.2) is 16.5 Å². The summed E-state index contributed by atoms with van der Waals surface area (Å²) in [5.41, 5.74) is 2.47. The van der Waals surface area contributed by atoms with Gasteiger partial charge in [0.2, 0.25) is 5.82 Å². The summed E-state index contributed by atoms with van der Waals surface area (Å²) >= 11 is 1.24. The van der Waals surface area contributed by atoms with Gasteiger partial charge in [-0.1, -0.05) is 24.3 Å². The molecule has 1 N–H and O–H groups in total. The number of nitrogens with zero attached hydrogens (tertiary/aromatic N) is 2. The fraction of sp³-hybridized carbons (Fsp3) is 0.333. The number of fused-ring (bicyclic) bond motifs is 1. The van der Waals surface area contributed by atoms with E-state index in [-0.39, 0.29) is 5.82 Å². The van der Waals surface area contributed by atoms with Crippen molar-refractivity contribution in [2.45, 2.75) is 32.9 Å². The molecule has 7 heteroatoms. The molecular weight excluding hydrogens is 347 g/mol. The predicted octanol–water partition coefficient (Wildman–Crippen LogP) is 5.37. The number of nitrogens with one attached hydrogen (secondary N) is 1. The second-order valence-electron chi connectivity index (χ2n) is 5.93. The first-order chi connectivity index (χ1) is 11.8. The summed E-state index contributed by atoms with van der Waals surface area (Å²) in [7, 11) is 0. The number of aromatic nitrogens is 2. The lowest BCUT2D eigenvalue weighted by molar-refractivity contribution is -0.144. The highest BCUT2D eigenvalue weighted by molar-refractivity contribution is 7.18. The molecule has 2 heterocycles. The predicted molar refractivity (Wildman–Crippen MR) is 95.1 cm³/mol. The summed E-state index contributed by atoms with van der Waals surface area (Å²) in [6, 6.07) is 9.94. The molecule has 0 bridgehead atoms. The maximum atomic E-state index is 13.0. The third kappa shape index (κ3) is 4.10. The number of hydrogen-bond donors (Lipinski definition) is 1. The summed E-state index contributed by atoms with van der Waals surface area (Å²) < 4.78 is 39.0. The molecule has 0 amide bonds. The van der Waals surface area contributed by atoms with Gasteiger partial charge in [-0.05, 0) is 43.9 Å². The van der Waals surface area contributed by atoms with Gasteiger partial charge < -0.3 is 5.32 Å². The molecule has 0 radical (unpaired) electrons. The number of rotatable bonds is 5. The molecule has 0 saturated heterocycles. The number of anilines is 1. The van der Waals surface area contributed by atoms with E-state index in [9.17, 15) is 13.2 Å². The molecule has 2 aromatic heterocycles. The number of benzene rings is 1. The number of hydrogen-bond acceptors (Lipinski definition) is 4. The summed E-state index contributed by atoms with van der Waals surface area (Å²) in [4.78, 5) is 8.64. The van der Waals surface area contributed by atoms with Crippen molar-refractivity contribution in [3.05, 3.63) is 52.2 Å². The van der Waals surface area contributed by atoms with Crippen LogP contribution in [0.25, 0.3) is 10.2 Å². The van der Waals surface area contributed by atoms with Crippen LogP contribution >= 0.6 is 11.3 Å². The first kappa shape index (κ1) is 17.7. The zero-order chi connectivity index (χ0) is 18.0. The number of halogens is 3. The van der Waals surface area contributed by atoms with Gasteiger partial charge in [-0.15, -0.1) is 11.3 Å². The molecule has 0 saturated carbocycles. The van der Waals surface area contributed by atoms with E-state index < -0.39 is 12.0 Å². The Labute approximate surface area is 147 Å². The molecule has 3 rings (SSSR count). The summed E-state index contributed by atoms with van der Waals surface area (Å²) in [5.74, 6) is -0.838. The maximum absolute atomic E-state index is 13.0. The van der Waals surface area contributed by atoms with Crippen LogP contribution in [0.2, 0.25) is 0 Å². The molecule has 0 aliphatic heterocycles. The van der Waals surface area contributed by atoms with E-state index >= 15 is 0 Å². The van der Waals surface area contributed by atoms with E-state index in [1.54, 1.807) is 0 Å². The largest absolute Gasteiger partial charge is 0.451 e. The molecule has 3 nitrogen and oxygen atoms in total. The Bertz CT molecular complexity index is 887. The van der Waals surface area contributed by atoms with Crippen LogP contribution in [-0.2, 0) is 12.6 Å². The highest BCUT2D eigenvalue weighted by atomic mass is 32.1. The fourth-order valence-electron chi connectivity index (χ4n) is 2.68. The van der Waals surface area contributed by atoms with Gasteiger partial charge in [0.1, 0.15) is 10.6 Å². The Morgan fingerprint density at radius 2 is 1.88 bits per heavy atom. The normalized spacial score (nSPS) is 11.9. The average molecular weight is 365 g/mol. The Balaban J connectivity index is 1.75. The lowest BCUT2D eigenvalue weighted by atomic mass is 10.0. The SMILES string of the molecule is Cc1cc2c(NCCCc3ccccc3C)nc(C(F)(F)F)nc2s1. The van der Waals surface area contributed by atoms with Gasteiger partial charge in [0.15, 0.2) is 0 Å². The summed E-state index contributed by atoms with van der Waals surface area (Å²) in [6.45, 7) is 4.45. The molecular formula is C18H18F3N3S. The molecule has 25 heavy (non-hydrogen) atoms. The molecule has 0 aliphatic carbocycles. The number of alkyl halides is 3. The molecule has 0 fully saturated rings. The van der Waals surface area contributed by atoms with E-state index in [1.807, 2.05) is 25.1 Å². The number of thiophene rings is 1. The monoisotopic (exact) mass is 365 g/mol. The molecule has 132 valence electrons. The van der Waals surface area contributed by atoms with Gasteiger partial charge in [-0.2, -0.15) is 13.2 Å². The molecule has 1 aromatic carbocycles. The standard InChI is InChI=1S/C18H18F3N3S/c1-11-6-3-4-7-13(11)8-5-9-22-15-14-10-12(2)25-16(14)24-17(23-15)18(19,20)21/h3-4,6-7,10H,5,8-9H2,1-2H3,(H,22,23,24). The highest BCUT2D eigenvalue weighted by Gasteiger charge is 2.35. The third-order valence-corrected chi connectivity index (χ3v) is 4.89. The minimum atomic E-state index is -4.55. The zero-order valence-electron chi connectivity index (χ0n) is 13.9. The van der Waals surface area contributed by atoms with Crippen LogP contribution in [0.4, 0.5) is 19.0 Å². The Kier molecular flexibility index (Phi) is 4.94. The Hall–Kier alpha value is -2.15. The van der Waals surface area contributed by atoms with Crippen LogP contribution in [0.5, 0.6) is 0 Å². The highest BCUT2D eigenvalue weighted by Crippen LogP contribution is 2.33. The quantitative estimate of drug-likeness (QED) is 0.618. The van der Waals surface area contributed by atoms with Crippen molar-refractivity contribution >= 4 is 27.4 Å². The Morgan fingerprint density at radius 1 is 1.12 bits per heavy atom. The van der Waals surface area contributed by atoms with Crippen molar-refractivity contribution in [3.63, 3.8) is 0 Å². The molecule has 0 unspecified atom stereocenters. The summed E-state index contributed by atoms with van der Waals surface area (Å²) in [6.07, 6.45) is -2.88. The number of aryl methyl sites for hydroxylation is 3. The van der Waals surface area contributed by atoms with Crippen LogP contribution < -0.4 is 5.32 Å². The van der Waals surface area contributed by atoms with Gasteiger partial charge in [-0.3, -0.25) is 0 Å². The van der Waals surface area contributed by atoms with E-state index in [1.165, 1.54) is 22.5 Å². The molecule has 0 atom stereocenters. The van der Waals surface area contributed by atoms with Gasteiger partial charge >= 0.3 is 6.18 Å². The van der Waals surface area contributed by atoms with E-state index in [2.05, 4.69) is 34.3 Å². The minimum Gasteiger partial charge on any atom is -0.369 e. The van der Waals surface area contributed by atoms with Crippen molar-refractivity contribution in [3.8, 4) is 0 Å². The maximum Gasteiger partial charge on any atom is 0.451 e. The van der Waals surface area contributed by atoms with Crippen molar-refractivity contribution in [1.82, 2.24) is 9.97 Å². The third-order valence-electron chi connectivity index (χ3n) is 3.95. The molecule has 0 aliphatic rings. The molecule has 3 aromatic rings. The lowest BCUT2D eigenvalue weighted by Crippen LogP contribution is -2.14. The van der Waals surface area contributed by atoms with Crippen molar-refractivity contribution in [2.24, 2.45) is 0 Å². The van der Waals surface area contributed by atoms with Crippen molar-refractivity contribution in [1.29, 1.82) is 0 Å². The first-order valence-electron chi connectivity index (χ1n) is 7.98.